The van der Waals surface area contributed by atoms with E-state index in [4.69, 9.17) is 0 Å². The molecule has 0 atom stereocenters. The molecule has 1 fully saturated rings. The first-order chi connectivity index (χ1) is 10.9. The summed E-state index contributed by atoms with van der Waals surface area (Å²) in [4.78, 5) is 10.7. The third-order valence-corrected chi connectivity index (χ3v) is 6.27. The molecule has 1 aliphatic heterocycles. The lowest BCUT2D eigenvalue weighted by Crippen LogP contribution is -2.49. The smallest absolute Gasteiger partial charge is 0.246 e. The Bertz CT molecular complexity index is 794. The van der Waals surface area contributed by atoms with Crippen molar-refractivity contribution in [1.29, 1.82) is 0 Å². The van der Waals surface area contributed by atoms with Crippen LogP contribution in [0.4, 0.5) is 5.95 Å². The first-order valence-electron chi connectivity index (χ1n) is 7.43. The van der Waals surface area contributed by atoms with E-state index in [9.17, 15) is 8.42 Å². The second-order valence-corrected chi connectivity index (χ2v) is 7.44. The van der Waals surface area contributed by atoms with Crippen LogP contribution in [0.2, 0.25) is 0 Å². The Morgan fingerprint density at radius 2 is 1.65 bits per heavy atom. The zero-order valence-electron chi connectivity index (χ0n) is 13.5. The van der Waals surface area contributed by atoms with Gasteiger partial charge in [0.2, 0.25) is 16.0 Å². The molecule has 0 spiro atoms. The normalized spacial score (nSPS) is 16.7. The van der Waals surface area contributed by atoms with Gasteiger partial charge in [0, 0.05) is 45.6 Å². The molecule has 9 heteroatoms. The molecule has 0 saturated carbocycles. The van der Waals surface area contributed by atoms with Crippen LogP contribution in [-0.2, 0) is 17.1 Å². The van der Waals surface area contributed by atoms with E-state index in [1.807, 2.05) is 4.90 Å². The van der Waals surface area contributed by atoms with Crippen LogP contribution in [0.15, 0.2) is 23.4 Å². The average Bonchev–Trinajstić information content (AvgIpc) is 2.81. The zero-order chi connectivity index (χ0) is 16.6. The molecule has 0 unspecified atom stereocenters. The molecule has 0 aliphatic carbocycles. The maximum absolute atomic E-state index is 12.9. The van der Waals surface area contributed by atoms with Crippen molar-refractivity contribution >= 4 is 16.0 Å². The van der Waals surface area contributed by atoms with E-state index in [-0.39, 0.29) is 0 Å². The van der Waals surface area contributed by atoms with Gasteiger partial charge in [0.25, 0.3) is 0 Å². The molecule has 1 saturated heterocycles. The topological polar surface area (TPSA) is 84.2 Å². The Hall–Kier alpha value is -2.00. The molecule has 0 bridgehead atoms. The van der Waals surface area contributed by atoms with E-state index in [1.165, 1.54) is 4.31 Å². The second kappa shape index (κ2) is 5.89. The van der Waals surface area contributed by atoms with E-state index in [0.29, 0.717) is 48.4 Å². The van der Waals surface area contributed by atoms with Crippen molar-refractivity contribution in [3.8, 4) is 0 Å². The molecule has 2 aromatic heterocycles. The van der Waals surface area contributed by atoms with E-state index in [1.54, 1.807) is 44.0 Å². The fourth-order valence-electron chi connectivity index (χ4n) is 2.84. The number of aromatic nitrogens is 4. The summed E-state index contributed by atoms with van der Waals surface area (Å²) in [6, 6.07) is 1.76. The minimum Gasteiger partial charge on any atom is -0.338 e. The number of nitrogens with zero attached hydrogens (tertiary/aromatic N) is 6. The Labute approximate surface area is 135 Å². The maximum Gasteiger partial charge on any atom is 0.246 e. The molecule has 23 heavy (non-hydrogen) atoms. The summed E-state index contributed by atoms with van der Waals surface area (Å²) in [5.74, 6) is 0.637. The lowest BCUT2D eigenvalue weighted by Gasteiger charge is -2.33. The number of rotatable bonds is 3. The fourth-order valence-corrected chi connectivity index (χ4v) is 4.66. The molecule has 0 amide bonds. The monoisotopic (exact) mass is 336 g/mol. The Balaban J connectivity index is 1.79. The maximum atomic E-state index is 12.9. The van der Waals surface area contributed by atoms with Gasteiger partial charge >= 0.3 is 0 Å². The molecule has 0 aromatic carbocycles. The van der Waals surface area contributed by atoms with Crippen LogP contribution >= 0.6 is 0 Å². The van der Waals surface area contributed by atoms with Crippen molar-refractivity contribution in [2.45, 2.75) is 18.7 Å². The third-order valence-electron chi connectivity index (χ3n) is 4.11. The number of aryl methyl sites for hydroxylation is 2. The quantitative estimate of drug-likeness (QED) is 0.803. The summed E-state index contributed by atoms with van der Waals surface area (Å²) in [6.45, 7) is 5.47. The van der Waals surface area contributed by atoms with Gasteiger partial charge in [-0.25, -0.2) is 18.4 Å². The Kier molecular flexibility index (Phi) is 4.07. The lowest BCUT2D eigenvalue weighted by atomic mass is 10.4. The summed E-state index contributed by atoms with van der Waals surface area (Å²) < 4.78 is 28.9. The van der Waals surface area contributed by atoms with E-state index in [0.717, 1.165) is 0 Å². The van der Waals surface area contributed by atoms with Crippen molar-refractivity contribution in [3.63, 3.8) is 0 Å². The lowest BCUT2D eigenvalue weighted by molar-refractivity contribution is 0.382. The molecule has 1 aliphatic rings. The van der Waals surface area contributed by atoms with Gasteiger partial charge in [-0.05, 0) is 19.9 Å². The molecule has 8 nitrogen and oxygen atoms in total. The van der Waals surface area contributed by atoms with Crippen LogP contribution in [0.5, 0.6) is 0 Å². The van der Waals surface area contributed by atoms with Crippen molar-refractivity contribution < 1.29 is 8.42 Å². The molecule has 0 radical (unpaired) electrons. The highest BCUT2D eigenvalue weighted by molar-refractivity contribution is 7.89. The van der Waals surface area contributed by atoms with Crippen LogP contribution in [0.3, 0.4) is 0 Å². The number of anilines is 1. The highest BCUT2D eigenvalue weighted by Crippen LogP contribution is 2.24. The van der Waals surface area contributed by atoms with Gasteiger partial charge in [-0.15, -0.1) is 0 Å². The van der Waals surface area contributed by atoms with Gasteiger partial charge in [0.1, 0.15) is 4.90 Å². The first kappa shape index (κ1) is 15.9. The Morgan fingerprint density at radius 1 is 1.04 bits per heavy atom. The molecule has 124 valence electrons. The largest absolute Gasteiger partial charge is 0.338 e. The van der Waals surface area contributed by atoms with Crippen molar-refractivity contribution in [1.82, 2.24) is 24.1 Å². The van der Waals surface area contributed by atoms with Crippen molar-refractivity contribution in [2.24, 2.45) is 7.05 Å². The minimum atomic E-state index is -3.53. The predicted octanol–water partition coefficient (Wildman–Crippen LogP) is 0.338. The summed E-state index contributed by atoms with van der Waals surface area (Å²) in [6.07, 6.45) is 3.38. The number of hydrogen-bond donors (Lipinski definition) is 0. The van der Waals surface area contributed by atoms with Gasteiger partial charge in [0.15, 0.2) is 0 Å². The van der Waals surface area contributed by atoms with Gasteiger partial charge in [-0.3, -0.25) is 4.68 Å². The number of hydrogen-bond acceptors (Lipinski definition) is 6. The standard InChI is InChI=1S/C14H20N6O2S/c1-11-13(12(2)18(3)17-11)23(21,22)20-9-7-19(8-10-20)14-15-5-4-6-16-14/h4-6H,7-10H2,1-3H3. The highest BCUT2D eigenvalue weighted by atomic mass is 32.2. The summed E-state index contributed by atoms with van der Waals surface area (Å²) in [7, 11) is -1.77. The SMILES string of the molecule is Cc1nn(C)c(C)c1S(=O)(=O)N1CCN(c2ncccn2)CC1. The van der Waals surface area contributed by atoms with Crippen LogP contribution in [-0.4, -0.2) is 58.7 Å². The molecular formula is C14H20N6O2S. The summed E-state index contributed by atoms with van der Waals surface area (Å²) >= 11 is 0. The van der Waals surface area contributed by atoms with Crippen LogP contribution < -0.4 is 4.90 Å². The van der Waals surface area contributed by atoms with Crippen LogP contribution in [0.25, 0.3) is 0 Å². The molecule has 3 heterocycles. The van der Waals surface area contributed by atoms with E-state index in [2.05, 4.69) is 15.1 Å². The third kappa shape index (κ3) is 2.81. The van der Waals surface area contributed by atoms with Crippen molar-refractivity contribution in [2.75, 3.05) is 31.1 Å². The Morgan fingerprint density at radius 3 is 2.17 bits per heavy atom. The van der Waals surface area contributed by atoms with Crippen LogP contribution in [0, 0.1) is 13.8 Å². The van der Waals surface area contributed by atoms with Gasteiger partial charge in [-0.1, -0.05) is 0 Å². The van der Waals surface area contributed by atoms with Gasteiger partial charge in [-0.2, -0.15) is 9.40 Å². The molecule has 0 N–H and O–H groups in total. The van der Waals surface area contributed by atoms with Gasteiger partial charge < -0.3 is 4.90 Å². The second-order valence-electron chi connectivity index (χ2n) is 5.56. The minimum absolute atomic E-state index is 0.324. The first-order valence-corrected chi connectivity index (χ1v) is 8.87. The number of piperazine rings is 1. The number of sulfonamides is 1. The molecule has 2 aromatic rings. The zero-order valence-corrected chi connectivity index (χ0v) is 14.3. The highest BCUT2D eigenvalue weighted by Gasteiger charge is 2.33. The van der Waals surface area contributed by atoms with Crippen molar-refractivity contribution in [3.05, 3.63) is 29.8 Å². The molecule has 3 rings (SSSR count). The van der Waals surface area contributed by atoms with Gasteiger partial charge in [0.05, 0.1) is 11.4 Å². The fraction of sp³-hybridized carbons (Fsp3) is 0.500. The summed E-state index contributed by atoms with van der Waals surface area (Å²) in [5, 5.41) is 4.21. The average molecular weight is 336 g/mol. The summed E-state index contributed by atoms with van der Waals surface area (Å²) in [5.41, 5.74) is 1.20. The van der Waals surface area contributed by atoms with E-state index >= 15 is 0 Å². The van der Waals surface area contributed by atoms with Crippen LogP contribution in [0.1, 0.15) is 11.4 Å². The molecular weight excluding hydrogens is 316 g/mol. The predicted molar refractivity (Wildman–Crippen MR) is 85.7 cm³/mol. The van der Waals surface area contributed by atoms with E-state index < -0.39 is 10.0 Å².